The average molecular weight is 482 g/mol. The van der Waals surface area contributed by atoms with Crippen molar-refractivity contribution in [1.82, 2.24) is 14.7 Å². The van der Waals surface area contributed by atoms with Gasteiger partial charge in [-0.2, -0.15) is 5.10 Å². The van der Waals surface area contributed by atoms with Gasteiger partial charge in [0.05, 0.1) is 25.0 Å². The molecule has 5 rings (SSSR count). The lowest BCUT2D eigenvalue weighted by atomic mass is 9.64. The molecule has 0 radical (unpaired) electrons. The highest BCUT2D eigenvalue weighted by Gasteiger charge is 2.53. The molecule has 1 spiro atoms. The number of fused-ring (bicyclic) bond motifs is 3. The second-order valence-electron chi connectivity index (χ2n) is 10.7. The van der Waals surface area contributed by atoms with Crippen molar-refractivity contribution in [3.63, 3.8) is 0 Å². The summed E-state index contributed by atoms with van der Waals surface area (Å²) in [5.74, 6) is 1.72. The number of aryl methyl sites for hydroxylation is 1. The Labute approximate surface area is 206 Å². The van der Waals surface area contributed by atoms with Crippen LogP contribution in [0.4, 0.5) is 0 Å². The number of likely N-dealkylation sites (tertiary alicyclic amines) is 1. The molecule has 0 aliphatic carbocycles. The summed E-state index contributed by atoms with van der Waals surface area (Å²) in [4.78, 5) is 26.8. The zero-order chi connectivity index (χ0) is 24.8. The summed E-state index contributed by atoms with van der Waals surface area (Å²) < 4.78 is 20.2. The fourth-order valence-electron chi connectivity index (χ4n) is 5.88. The van der Waals surface area contributed by atoms with Crippen LogP contribution in [0.5, 0.6) is 11.5 Å². The van der Waals surface area contributed by atoms with E-state index >= 15 is 0 Å². The molecule has 1 aromatic heterocycles. The minimum atomic E-state index is -0.400. The second kappa shape index (κ2) is 8.97. The average Bonchev–Trinajstić information content (AvgIpc) is 2.83. The van der Waals surface area contributed by atoms with Crippen LogP contribution in [-0.2, 0) is 16.1 Å². The van der Waals surface area contributed by atoms with Crippen LogP contribution < -0.4 is 15.0 Å². The summed E-state index contributed by atoms with van der Waals surface area (Å²) in [6.07, 6.45) is 2.71. The molecule has 8 nitrogen and oxygen atoms in total. The molecule has 1 amide bonds. The predicted octanol–water partition coefficient (Wildman–Crippen LogP) is 3.51. The maximum absolute atomic E-state index is 12.9. The minimum absolute atomic E-state index is 0.0193. The van der Waals surface area contributed by atoms with Crippen molar-refractivity contribution in [2.45, 2.75) is 65.2 Å². The fourth-order valence-corrected chi connectivity index (χ4v) is 5.88. The van der Waals surface area contributed by atoms with Crippen molar-refractivity contribution in [2.24, 2.45) is 11.3 Å². The lowest BCUT2D eigenvalue weighted by Gasteiger charge is -2.54. The van der Waals surface area contributed by atoms with E-state index in [0.717, 1.165) is 42.0 Å². The Balaban J connectivity index is 1.28. The quantitative estimate of drug-likeness (QED) is 0.665. The monoisotopic (exact) mass is 481 g/mol. The summed E-state index contributed by atoms with van der Waals surface area (Å²) in [5.41, 5.74) is 1.15. The molecular weight excluding hydrogens is 446 g/mol. The van der Waals surface area contributed by atoms with Gasteiger partial charge in [-0.1, -0.05) is 12.1 Å². The molecule has 0 N–H and O–H groups in total. The van der Waals surface area contributed by atoms with Crippen molar-refractivity contribution < 1.29 is 19.0 Å². The van der Waals surface area contributed by atoms with Gasteiger partial charge < -0.3 is 19.1 Å². The molecule has 2 fully saturated rings. The number of hydrogen-bond acceptors (Lipinski definition) is 6. The van der Waals surface area contributed by atoms with Crippen molar-refractivity contribution in [3.05, 3.63) is 51.9 Å². The largest absolute Gasteiger partial charge is 0.490 e. The molecule has 4 heterocycles. The van der Waals surface area contributed by atoms with Gasteiger partial charge in [-0.25, -0.2) is 4.68 Å². The highest BCUT2D eigenvalue weighted by Crippen LogP contribution is 2.57. The first-order valence-electron chi connectivity index (χ1n) is 12.6. The minimum Gasteiger partial charge on any atom is -0.490 e. The van der Waals surface area contributed by atoms with E-state index in [0.29, 0.717) is 26.3 Å². The smallest absolute Gasteiger partial charge is 0.267 e. The number of amides is 1. The third-order valence-corrected chi connectivity index (χ3v) is 7.92. The number of carbonyl (C=O) groups excluding carboxylic acids is 1. The van der Waals surface area contributed by atoms with E-state index in [1.165, 1.54) is 10.7 Å². The first kappa shape index (κ1) is 23.9. The Bertz CT molecular complexity index is 1170. The zero-order valence-corrected chi connectivity index (χ0v) is 21.1. The standard InChI is InChI=1S/C27H35N3O5/c1-5-33-21-8-6-7-19-24-20(26(3,4)35-25(19)21)15-27(17-34-24)11-13-29(14-12-27)23(32)16-30-22(31)10-9-18(2)28-30/h6-10,20,24H,5,11-17H2,1-4H3/t20-,24+/m0/s1. The van der Waals surface area contributed by atoms with Gasteiger partial charge in [0, 0.05) is 30.6 Å². The van der Waals surface area contributed by atoms with E-state index in [-0.39, 0.29) is 35.4 Å². The van der Waals surface area contributed by atoms with Gasteiger partial charge in [0.15, 0.2) is 11.5 Å². The fraction of sp³-hybridized carbons (Fsp3) is 0.593. The molecule has 3 aliphatic heterocycles. The number of nitrogens with zero attached hydrogens (tertiary/aromatic N) is 3. The predicted molar refractivity (Wildman–Crippen MR) is 131 cm³/mol. The number of piperidine rings is 1. The molecule has 3 aliphatic rings. The van der Waals surface area contributed by atoms with Crippen LogP contribution in [0, 0.1) is 18.3 Å². The van der Waals surface area contributed by atoms with E-state index in [1.54, 1.807) is 6.07 Å². The van der Waals surface area contributed by atoms with Gasteiger partial charge in [-0.3, -0.25) is 9.59 Å². The summed E-state index contributed by atoms with van der Waals surface area (Å²) in [6.45, 7) is 10.6. The van der Waals surface area contributed by atoms with Crippen LogP contribution in [0.25, 0.3) is 0 Å². The normalized spacial score (nSPS) is 24.3. The van der Waals surface area contributed by atoms with Crippen LogP contribution in [0.2, 0.25) is 0 Å². The molecule has 2 aromatic rings. The zero-order valence-electron chi connectivity index (χ0n) is 21.1. The maximum Gasteiger partial charge on any atom is 0.267 e. The van der Waals surface area contributed by atoms with Gasteiger partial charge in [0.1, 0.15) is 12.1 Å². The maximum atomic E-state index is 12.9. The molecule has 188 valence electrons. The van der Waals surface area contributed by atoms with Crippen LogP contribution in [0.3, 0.4) is 0 Å². The molecule has 0 bridgehead atoms. The van der Waals surface area contributed by atoms with E-state index < -0.39 is 5.60 Å². The highest BCUT2D eigenvalue weighted by atomic mass is 16.5. The Morgan fingerprint density at radius 2 is 1.97 bits per heavy atom. The number of aromatic nitrogens is 2. The number of benzene rings is 1. The highest BCUT2D eigenvalue weighted by molar-refractivity contribution is 5.76. The first-order chi connectivity index (χ1) is 16.7. The van der Waals surface area contributed by atoms with Crippen LogP contribution in [0.1, 0.15) is 57.4 Å². The Morgan fingerprint density at radius 1 is 1.20 bits per heavy atom. The van der Waals surface area contributed by atoms with Gasteiger partial charge in [0.25, 0.3) is 5.56 Å². The summed E-state index contributed by atoms with van der Waals surface area (Å²) in [6, 6.07) is 9.17. The van der Waals surface area contributed by atoms with Crippen LogP contribution >= 0.6 is 0 Å². The molecular formula is C27H35N3O5. The van der Waals surface area contributed by atoms with Crippen LogP contribution in [0.15, 0.2) is 35.1 Å². The summed E-state index contributed by atoms with van der Waals surface area (Å²) in [5, 5.41) is 4.20. The van der Waals surface area contributed by atoms with E-state index in [2.05, 4.69) is 25.0 Å². The van der Waals surface area contributed by atoms with E-state index in [1.807, 2.05) is 30.9 Å². The van der Waals surface area contributed by atoms with Gasteiger partial charge in [-0.05, 0) is 64.5 Å². The van der Waals surface area contributed by atoms with Crippen molar-refractivity contribution in [2.75, 3.05) is 26.3 Å². The van der Waals surface area contributed by atoms with Crippen molar-refractivity contribution in [1.29, 1.82) is 0 Å². The third kappa shape index (κ3) is 4.44. The molecule has 1 aromatic carbocycles. The van der Waals surface area contributed by atoms with E-state index in [4.69, 9.17) is 14.2 Å². The van der Waals surface area contributed by atoms with Gasteiger partial charge in [0.2, 0.25) is 5.91 Å². The number of rotatable bonds is 4. The number of para-hydroxylation sites is 1. The van der Waals surface area contributed by atoms with Crippen molar-refractivity contribution in [3.8, 4) is 11.5 Å². The van der Waals surface area contributed by atoms with Gasteiger partial charge >= 0.3 is 0 Å². The topological polar surface area (TPSA) is 82.9 Å². The molecule has 2 saturated heterocycles. The number of ether oxygens (including phenoxy) is 3. The summed E-state index contributed by atoms with van der Waals surface area (Å²) >= 11 is 0. The Morgan fingerprint density at radius 3 is 2.71 bits per heavy atom. The molecule has 35 heavy (non-hydrogen) atoms. The summed E-state index contributed by atoms with van der Waals surface area (Å²) in [7, 11) is 0. The third-order valence-electron chi connectivity index (χ3n) is 7.92. The Hall–Kier alpha value is -2.87. The SMILES string of the molecule is CCOc1cccc2c1OC(C)(C)[C@H]1CC3(CCN(C(=O)Cn4nc(C)ccc4=O)CC3)CO[C@H]21. The molecule has 8 heteroatoms. The second-order valence-corrected chi connectivity index (χ2v) is 10.7. The molecule has 2 atom stereocenters. The molecule has 0 unspecified atom stereocenters. The van der Waals surface area contributed by atoms with Gasteiger partial charge in [-0.15, -0.1) is 0 Å². The Kier molecular flexibility index (Phi) is 6.11. The number of hydrogen-bond donors (Lipinski definition) is 0. The molecule has 0 saturated carbocycles. The lowest BCUT2D eigenvalue weighted by Crippen LogP contribution is -2.55. The number of carbonyl (C=O) groups is 1. The van der Waals surface area contributed by atoms with Crippen LogP contribution in [-0.4, -0.2) is 52.5 Å². The van der Waals surface area contributed by atoms with E-state index in [9.17, 15) is 9.59 Å². The first-order valence-corrected chi connectivity index (χ1v) is 12.6. The van der Waals surface area contributed by atoms with Crippen molar-refractivity contribution >= 4 is 5.91 Å². The lowest BCUT2D eigenvalue weighted by molar-refractivity contribution is -0.176.